The van der Waals surface area contributed by atoms with Crippen LogP contribution in [-0.4, -0.2) is 19.8 Å². The molecule has 3 rings (SSSR count). The average molecular weight is 481 g/mol. The van der Waals surface area contributed by atoms with Gasteiger partial charge in [0.05, 0.1) is 19.8 Å². The summed E-state index contributed by atoms with van der Waals surface area (Å²) in [5.74, 6) is 2.34. The van der Waals surface area contributed by atoms with Gasteiger partial charge in [-0.2, -0.15) is 0 Å². The van der Waals surface area contributed by atoms with Gasteiger partial charge in [0, 0.05) is 11.5 Å². The molecule has 0 bridgehead atoms. The van der Waals surface area contributed by atoms with E-state index in [1.54, 1.807) is 0 Å². The van der Waals surface area contributed by atoms with Crippen LogP contribution in [0.4, 0.5) is 0 Å². The van der Waals surface area contributed by atoms with E-state index in [9.17, 15) is 0 Å². The lowest BCUT2D eigenvalue weighted by atomic mass is 10.0. The molecule has 0 aliphatic carbocycles. The van der Waals surface area contributed by atoms with Crippen LogP contribution in [0.5, 0.6) is 5.75 Å². The van der Waals surface area contributed by atoms with E-state index in [1.807, 2.05) is 0 Å². The van der Waals surface area contributed by atoms with E-state index in [2.05, 4.69) is 69.3 Å². The van der Waals surface area contributed by atoms with Crippen molar-refractivity contribution < 1.29 is 14.2 Å². The van der Waals surface area contributed by atoms with E-state index in [4.69, 9.17) is 14.2 Å². The Hall–Kier alpha value is -1.84. The summed E-state index contributed by atoms with van der Waals surface area (Å²) in [6.07, 6.45) is 13.9. The zero-order valence-electron chi connectivity index (χ0n) is 22.5. The molecule has 1 fully saturated rings. The Morgan fingerprint density at radius 1 is 0.771 bits per heavy atom. The van der Waals surface area contributed by atoms with Gasteiger partial charge in [-0.25, -0.2) is 0 Å². The molecule has 0 amide bonds. The van der Waals surface area contributed by atoms with Crippen LogP contribution in [0.1, 0.15) is 103 Å². The predicted molar refractivity (Wildman–Crippen MR) is 147 cm³/mol. The van der Waals surface area contributed by atoms with Gasteiger partial charge in [0.1, 0.15) is 5.75 Å². The second kappa shape index (κ2) is 16.0. The molecule has 0 spiro atoms. The largest absolute Gasteiger partial charge is 0.494 e. The van der Waals surface area contributed by atoms with Gasteiger partial charge in [-0.05, 0) is 42.0 Å². The molecule has 1 aliphatic heterocycles. The van der Waals surface area contributed by atoms with Crippen molar-refractivity contribution in [3.8, 4) is 16.9 Å². The topological polar surface area (TPSA) is 27.7 Å². The van der Waals surface area contributed by atoms with Crippen LogP contribution < -0.4 is 4.74 Å². The van der Waals surface area contributed by atoms with Crippen LogP contribution in [0.2, 0.25) is 0 Å². The second-order valence-corrected chi connectivity index (χ2v) is 10.4. The molecule has 0 N–H and O–H groups in total. The van der Waals surface area contributed by atoms with Gasteiger partial charge in [0.15, 0.2) is 6.29 Å². The summed E-state index contributed by atoms with van der Waals surface area (Å²) in [4.78, 5) is 0. The number of benzene rings is 2. The van der Waals surface area contributed by atoms with Crippen LogP contribution in [0.3, 0.4) is 0 Å². The quantitative estimate of drug-likeness (QED) is 0.224. The summed E-state index contributed by atoms with van der Waals surface area (Å²) in [6.45, 7) is 9.29. The van der Waals surface area contributed by atoms with Crippen LogP contribution in [0.25, 0.3) is 11.1 Å². The lowest BCUT2D eigenvalue weighted by Gasteiger charge is -2.29. The van der Waals surface area contributed by atoms with Crippen LogP contribution in [0, 0.1) is 11.8 Å². The molecule has 1 atom stereocenters. The maximum Gasteiger partial charge on any atom is 0.183 e. The Kier molecular flexibility index (Phi) is 12.7. The molecule has 1 heterocycles. The first-order valence-electron chi connectivity index (χ1n) is 14.3. The Morgan fingerprint density at radius 3 is 2.06 bits per heavy atom. The standard InChI is InChI=1S/C32H48O3/c1-4-6-7-8-11-14-27-24-34-32(35-25-27)30-17-15-28(16-18-30)29-19-21-31(22-20-29)33-23-12-9-10-13-26(3)5-2/h15-22,26-27,32H,4-14,23-25H2,1-3H3. The van der Waals surface area contributed by atoms with Gasteiger partial charge in [0.2, 0.25) is 0 Å². The molecule has 1 saturated heterocycles. The maximum absolute atomic E-state index is 6.06. The van der Waals surface area contributed by atoms with E-state index in [0.29, 0.717) is 5.92 Å². The number of hydrogen-bond donors (Lipinski definition) is 0. The van der Waals surface area contributed by atoms with Crippen molar-refractivity contribution in [2.45, 2.75) is 97.7 Å². The predicted octanol–water partition coefficient (Wildman–Crippen LogP) is 9.36. The molecule has 0 aromatic heterocycles. The third kappa shape index (κ3) is 9.97. The van der Waals surface area contributed by atoms with E-state index < -0.39 is 0 Å². The molecule has 1 unspecified atom stereocenters. The Balaban J connectivity index is 1.36. The molecule has 35 heavy (non-hydrogen) atoms. The minimum atomic E-state index is -0.235. The summed E-state index contributed by atoms with van der Waals surface area (Å²) >= 11 is 0. The smallest absolute Gasteiger partial charge is 0.183 e. The van der Waals surface area contributed by atoms with Crippen molar-refractivity contribution in [1.29, 1.82) is 0 Å². The monoisotopic (exact) mass is 480 g/mol. The first-order valence-corrected chi connectivity index (χ1v) is 14.3. The first-order chi connectivity index (χ1) is 17.2. The fraction of sp³-hybridized carbons (Fsp3) is 0.625. The fourth-order valence-corrected chi connectivity index (χ4v) is 4.68. The third-order valence-corrected chi connectivity index (χ3v) is 7.36. The summed E-state index contributed by atoms with van der Waals surface area (Å²) in [5.41, 5.74) is 3.50. The van der Waals surface area contributed by atoms with Crippen molar-refractivity contribution >= 4 is 0 Å². The van der Waals surface area contributed by atoms with Gasteiger partial charge in [-0.3, -0.25) is 0 Å². The minimum Gasteiger partial charge on any atom is -0.494 e. The van der Waals surface area contributed by atoms with Gasteiger partial charge in [-0.15, -0.1) is 0 Å². The molecule has 2 aromatic rings. The van der Waals surface area contributed by atoms with Crippen molar-refractivity contribution in [3.63, 3.8) is 0 Å². The van der Waals surface area contributed by atoms with Crippen molar-refractivity contribution in [1.82, 2.24) is 0 Å². The third-order valence-electron chi connectivity index (χ3n) is 7.36. The molecule has 1 aliphatic rings. The minimum absolute atomic E-state index is 0.235. The molecule has 3 nitrogen and oxygen atoms in total. The summed E-state index contributed by atoms with van der Waals surface area (Å²) in [7, 11) is 0. The van der Waals surface area contributed by atoms with Crippen LogP contribution >= 0.6 is 0 Å². The highest BCUT2D eigenvalue weighted by atomic mass is 16.7. The zero-order valence-corrected chi connectivity index (χ0v) is 22.5. The molecule has 0 saturated carbocycles. The van der Waals surface area contributed by atoms with E-state index in [1.165, 1.54) is 75.3 Å². The lowest BCUT2D eigenvalue weighted by molar-refractivity contribution is -0.206. The van der Waals surface area contributed by atoms with Crippen LogP contribution in [-0.2, 0) is 9.47 Å². The molecule has 3 heteroatoms. The molecule has 0 radical (unpaired) electrons. The molecular formula is C32H48O3. The first kappa shape index (κ1) is 27.7. The Bertz CT molecular complexity index is 791. The fourth-order valence-electron chi connectivity index (χ4n) is 4.68. The zero-order chi connectivity index (χ0) is 24.7. The van der Waals surface area contributed by atoms with E-state index in [0.717, 1.165) is 43.5 Å². The van der Waals surface area contributed by atoms with Crippen molar-refractivity contribution in [3.05, 3.63) is 54.1 Å². The molecular weight excluding hydrogens is 432 g/mol. The number of hydrogen-bond acceptors (Lipinski definition) is 3. The van der Waals surface area contributed by atoms with Crippen LogP contribution in [0.15, 0.2) is 48.5 Å². The Labute approximate surface area is 214 Å². The Morgan fingerprint density at radius 2 is 1.40 bits per heavy atom. The van der Waals surface area contributed by atoms with Gasteiger partial charge >= 0.3 is 0 Å². The van der Waals surface area contributed by atoms with Gasteiger partial charge in [-0.1, -0.05) is 115 Å². The van der Waals surface area contributed by atoms with Crippen molar-refractivity contribution in [2.24, 2.45) is 11.8 Å². The second-order valence-electron chi connectivity index (χ2n) is 10.4. The summed E-state index contributed by atoms with van der Waals surface area (Å²) < 4.78 is 18.1. The average Bonchev–Trinajstić information content (AvgIpc) is 2.91. The summed E-state index contributed by atoms with van der Waals surface area (Å²) in [6, 6.07) is 17.0. The number of rotatable bonds is 16. The number of unbranched alkanes of at least 4 members (excludes halogenated alkanes) is 6. The van der Waals surface area contributed by atoms with E-state index in [-0.39, 0.29) is 6.29 Å². The highest BCUT2D eigenvalue weighted by molar-refractivity contribution is 5.64. The maximum atomic E-state index is 6.06. The number of ether oxygens (including phenoxy) is 3. The summed E-state index contributed by atoms with van der Waals surface area (Å²) in [5, 5.41) is 0. The van der Waals surface area contributed by atoms with Gasteiger partial charge in [0.25, 0.3) is 0 Å². The molecule has 2 aromatic carbocycles. The lowest BCUT2D eigenvalue weighted by Crippen LogP contribution is -2.27. The molecule has 194 valence electrons. The SMILES string of the molecule is CCCCCCCC1COC(c2ccc(-c3ccc(OCCCCCC(C)CC)cc3)cc2)OC1. The van der Waals surface area contributed by atoms with E-state index >= 15 is 0 Å². The van der Waals surface area contributed by atoms with Gasteiger partial charge < -0.3 is 14.2 Å². The highest BCUT2D eigenvalue weighted by Gasteiger charge is 2.23. The highest BCUT2D eigenvalue weighted by Crippen LogP contribution is 2.30. The van der Waals surface area contributed by atoms with Crippen molar-refractivity contribution in [2.75, 3.05) is 19.8 Å². The normalized spacial score (nSPS) is 18.9.